The van der Waals surface area contributed by atoms with Crippen molar-refractivity contribution in [2.75, 3.05) is 13.4 Å². The van der Waals surface area contributed by atoms with Gasteiger partial charge >= 0.3 is 0 Å². The molecule has 0 spiro atoms. The van der Waals surface area contributed by atoms with E-state index in [0.29, 0.717) is 5.82 Å². The van der Waals surface area contributed by atoms with Gasteiger partial charge in [0.25, 0.3) is 5.56 Å². The molecule has 6 heteroatoms. The van der Waals surface area contributed by atoms with Crippen molar-refractivity contribution < 1.29 is 4.74 Å². The van der Waals surface area contributed by atoms with Crippen LogP contribution in [0.3, 0.4) is 0 Å². The Morgan fingerprint density at radius 1 is 1.40 bits per heavy atom. The maximum atomic E-state index is 12.6. The average molecular weight is 370 g/mol. The van der Waals surface area contributed by atoms with Crippen molar-refractivity contribution in [2.45, 2.75) is 19.3 Å². The van der Waals surface area contributed by atoms with Crippen molar-refractivity contribution >= 4 is 44.3 Å². The molecule has 1 aliphatic rings. The predicted octanol–water partition coefficient (Wildman–Crippen LogP) is 4.34. The fraction of sp³-hybridized carbons (Fsp3) is 0.263. The summed E-state index contributed by atoms with van der Waals surface area (Å²) in [6, 6.07) is 7.84. The maximum absolute atomic E-state index is 12.6. The van der Waals surface area contributed by atoms with Gasteiger partial charge in [0.05, 0.1) is 17.4 Å². The molecular weight excluding hydrogens is 352 g/mol. The number of hydrogen-bond donors (Lipinski definition) is 1. The van der Waals surface area contributed by atoms with Gasteiger partial charge in [0.1, 0.15) is 16.4 Å². The molecule has 4 nitrogen and oxygen atoms in total. The van der Waals surface area contributed by atoms with Crippen molar-refractivity contribution in [1.82, 2.24) is 9.97 Å². The molecule has 1 aromatic carbocycles. The first-order chi connectivity index (χ1) is 12.2. The molecule has 3 aromatic rings. The van der Waals surface area contributed by atoms with Crippen molar-refractivity contribution in [3.05, 3.63) is 56.4 Å². The number of methoxy groups -OCH3 is 1. The fourth-order valence-corrected chi connectivity index (χ4v) is 5.03. The van der Waals surface area contributed by atoms with Crippen molar-refractivity contribution in [3.8, 4) is 5.75 Å². The summed E-state index contributed by atoms with van der Waals surface area (Å²) in [4.78, 5) is 23.5. The minimum atomic E-state index is -0.0232. The summed E-state index contributed by atoms with van der Waals surface area (Å²) in [7, 11) is 1.65. The quantitative estimate of drug-likeness (QED) is 0.742. The van der Waals surface area contributed by atoms with E-state index in [4.69, 9.17) is 9.72 Å². The van der Waals surface area contributed by atoms with E-state index >= 15 is 0 Å². The highest BCUT2D eigenvalue weighted by atomic mass is 32.2. The van der Waals surface area contributed by atoms with Gasteiger partial charge in [0.15, 0.2) is 0 Å². The van der Waals surface area contributed by atoms with E-state index in [-0.39, 0.29) is 5.56 Å². The lowest BCUT2D eigenvalue weighted by Gasteiger charge is -2.06. The highest BCUT2D eigenvalue weighted by Crippen LogP contribution is 2.35. The Labute approximate surface area is 154 Å². The number of aromatic amines is 1. The number of nitrogens with zero attached hydrogens (tertiary/aromatic N) is 1. The second-order valence-electron chi connectivity index (χ2n) is 5.94. The van der Waals surface area contributed by atoms with Crippen LogP contribution in [0.15, 0.2) is 29.1 Å². The van der Waals surface area contributed by atoms with Crippen LogP contribution < -0.4 is 10.3 Å². The molecule has 0 unspecified atom stereocenters. The molecule has 0 saturated carbocycles. The Bertz CT molecular complexity index is 1030. The van der Waals surface area contributed by atoms with Crippen molar-refractivity contribution in [2.24, 2.45) is 0 Å². The second-order valence-corrected chi connectivity index (χ2v) is 7.87. The molecule has 4 rings (SSSR count). The lowest BCUT2D eigenvalue weighted by molar-refractivity contribution is 0.414. The number of thioether (sulfide) groups is 1. The number of thiophene rings is 1. The summed E-state index contributed by atoms with van der Waals surface area (Å²) in [6.45, 7) is 0. The molecular formula is C19H18N2O2S2. The largest absolute Gasteiger partial charge is 0.497 e. The van der Waals surface area contributed by atoms with Gasteiger partial charge in [-0.25, -0.2) is 4.98 Å². The highest BCUT2D eigenvalue weighted by Gasteiger charge is 2.21. The number of aryl methyl sites for hydroxylation is 2. The van der Waals surface area contributed by atoms with Gasteiger partial charge in [-0.2, -0.15) is 0 Å². The van der Waals surface area contributed by atoms with E-state index in [2.05, 4.69) is 4.98 Å². The Morgan fingerprint density at radius 3 is 3.08 bits per heavy atom. The van der Waals surface area contributed by atoms with Gasteiger partial charge in [-0.1, -0.05) is 12.1 Å². The lowest BCUT2D eigenvalue weighted by atomic mass is 10.2. The predicted molar refractivity (Wildman–Crippen MR) is 107 cm³/mol. The minimum absolute atomic E-state index is 0.0232. The van der Waals surface area contributed by atoms with Gasteiger partial charge in [0, 0.05) is 4.88 Å². The molecule has 1 N–H and O–H groups in total. The highest BCUT2D eigenvalue weighted by molar-refractivity contribution is 8.07. The Kier molecular flexibility index (Phi) is 4.39. The fourth-order valence-electron chi connectivity index (χ4n) is 3.23. The van der Waals surface area contributed by atoms with Crippen molar-refractivity contribution in [1.29, 1.82) is 0 Å². The van der Waals surface area contributed by atoms with E-state index in [1.54, 1.807) is 30.2 Å². The summed E-state index contributed by atoms with van der Waals surface area (Å²) in [5, 5.41) is 0.795. The third-order valence-corrected chi connectivity index (χ3v) is 6.36. The molecule has 0 fully saturated rings. The van der Waals surface area contributed by atoms with Gasteiger partial charge < -0.3 is 9.72 Å². The average Bonchev–Trinajstić information content (AvgIpc) is 3.20. The van der Waals surface area contributed by atoms with E-state index in [0.717, 1.165) is 45.7 Å². The number of rotatable bonds is 4. The first-order valence-corrected chi connectivity index (χ1v) is 10.2. The first kappa shape index (κ1) is 16.4. The summed E-state index contributed by atoms with van der Waals surface area (Å²) in [6.07, 6.45) is 7.22. The van der Waals surface area contributed by atoms with Crippen LogP contribution in [0.4, 0.5) is 0 Å². The van der Waals surface area contributed by atoms with Crippen LogP contribution in [-0.4, -0.2) is 23.3 Å². The van der Waals surface area contributed by atoms with Crippen LogP contribution in [0.5, 0.6) is 5.75 Å². The van der Waals surface area contributed by atoms with Crippen molar-refractivity contribution in [3.63, 3.8) is 0 Å². The van der Waals surface area contributed by atoms with E-state index < -0.39 is 0 Å². The number of nitrogens with one attached hydrogen (secondary N) is 1. The molecule has 25 heavy (non-hydrogen) atoms. The SMILES string of the molecule is COc1cccc(/C=C(\SC)c2nc3sc4c(c3c(=O)[nH]2)CCC4)c1. The minimum Gasteiger partial charge on any atom is -0.497 e. The monoisotopic (exact) mass is 370 g/mol. The van der Waals surface area contributed by atoms with Crippen LogP contribution in [0.2, 0.25) is 0 Å². The molecule has 1 aliphatic carbocycles. The molecule has 2 aromatic heterocycles. The van der Waals surface area contributed by atoms with Crippen LogP contribution in [0.25, 0.3) is 21.2 Å². The van der Waals surface area contributed by atoms with Gasteiger partial charge in [-0.05, 0) is 54.9 Å². The summed E-state index contributed by atoms with van der Waals surface area (Å²) < 4.78 is 5.28. The molecule has 0 amide bonds. The zero-order valence-electron chi connectivity index (χ0n) is 14.1. The summed E-state index contributed by atoms with van der Waals surface area (Å²) in [5.74, 6) is 1.44. The number of aromatic nitrogens is 2. The third kappa shape index (κ3) is 3.00. The number of hydrogen-bond acceptors (Lipinski definition) is 5. The number of H-pyrrole nitrogens is 1. The van der Waals surface area contributed by atoms with Crippen LogP contribution in [0.1, 0.15) is 28.2 Å². The van der Waals surface area contributed by atoms with Crippen LogP contribution >= 0.6 is 23.1 Å². The van der Waals surface area contributed by atoms with Crippen LogP contribution in [-0.2, 0) is 12.8 Å². The lowest BCUT2D eigenvalue weighted by Crippen LogP contribution is -2.11. The Balaban J connectivity index is 1.81. The zero-order valence-corrected chi connectivity index (χ0v) is 15.7. The van der Waals surface area contributed by atoms with Gasteiger partial charge in [0.2, 0.25) is 0 Å². The Morgan fingerprint density at radius 2 is 2.28 bits per heavy atom. The maximum Gasteiger partial charge on any atom is 0.260 e. The Hall–Kier alpha value is -2.05. The van der Waals surface area contributed by atoms with E-state index in [9.17, 15) is 4.79 Å². The van der Waals surface area contributed by atoms with E-state index in [1.807, 2.05) is 36.6 Å². The molecule has 2 heterocycles. The topological polar surface area (TPSA) is 55.0 Å². The standard InChI is InChI=1S/C19H18N2O2S2/c1-23-12-6-3-5-11(9-12)10-15(24-2)17-20-18(22)16-13-7-4-8-14(13)25-19(16)21-17/h3,5-6,9-10H,4,7-8H2,1-2H3,(H,20,21,22)/b15-10-. The summed E-state index contributed by atoms with van der Waals surface area (Å²) >= 11 is 3.24. The summed E-state index contributed by atoms with van der Waals surface area (Å²) in [5.41, 5.74) is 2.20. The van der Waals surface area contributed by atoms with Gasteiger partial charge in [-0.3, -0.25) is 4.79 Å². The number of ether oxygens (including phenoxy) is 1. The van der Waals surface area contributed by atoms with E-state index in [1.165, 1.54) is 10.4 Å². The number of benzene rings is 1. The first-order valence-electron chi connectivity index (χ1n) is 8.14. The molecule has 0 aliphatic heterocycles. The molecule has 0 radical (unpaired) electrons. The molecule has 128 valence electrons. The smallest absolute Gasteiger partial charge is 0.260 e. The molecule has 0 bridgehead atoms. The van der Waals surface area contributed by atoms with Gasteiger partial charge in [-0.15, -0.1) is 23.1 Å². The van der Waals surface area contributed by atoms with Crippen LogP contribution in [0, 0.1) is 0 Å². The normalized spacial score (nSPS) is 14.1. The third-order valence-electron chi connectivity index (χ3n) is 4.42. The number of fused-ring (bicyclic) bond motifs is 3. The zero-order chi connectivity index (χ0) is 17.4. The second kappa shape index (κ2) is 6.69. The molecule has 0 saturated heterocycles. The molecule has 0 atom stereocenters.